The van der Waals surface area contributed by atoms with Gasteiger partial charge in [0.2, 0.25) is 0 Å². The smallest absolute Gasteiger partial charge is 0.168 e. The molecule has 1 fully saturated rings. The van der Waals surface area contributed by atoms with E-state index in [2.05, 4.69) is 21.8 Å². The van der Waals surface area contributed by atoms with Gasteiger partial charge in [-0.3, -0.25) is 9.69 Å². The van der Waals surface area contributed by atoms with Gasteiger partial charge in [-0.1, -0.05) is 6.92 Å². The second-order valence-corrected chi connectivity index (χ2v) is 4.12. The van der Waals surface area contributed by atoms with E-state index in [0.29, 0.717) is 18.1 Å². The predicted octanol–water partition coefficient (Wildman–Crippen LogP) is 1.07. The summed E-state index contributed by atoms with van der Waals surface area (Å²) in [5.41, 5.74) is 0.409. The maximum absolute atomic E-state index is 10.7. The summed E-state index contributed by atoms with van der Waals surface area (Å²) in [6, 6.07) is 1.60. The molecule has 1 aromatic rings. The van der Waals surface area contributed by atoms with E-state index in [1.165, 1.54) is 0 Å². The SMILES string of the molecule is CCCN1CCOC(c2nccc(C=O)n2)C1. The average molecular weight is 235 g/mol. The molecule has 1 atom stereocenters. The van der Waals surface area contributed by atoms with Crippen molar-refractivity contribution in [2.24, 2.45) is 0 Å². The summed E-state index contributed by atoms with van der Waals surface area (Å²) < 4.78 is 5.66. The molecule has 0 aromatic carbocycles. The van der Waals surface area contributed by atoms with Crippen molar-refractivity contribution in [2.75, 3.05) is 26.2 Å². The van der Waals surface area contributed by atoms with Crippen molar-refractivity contribution in [1.82, 2.24) is 14.9 Å². The number of aromatic nitrogens is 2. The summed E-state index contributed by atoms with van der Waals surface area (Å²) in [5.74, 6) is 0.607. The third-order valence-electron chi connectivity index (χ3n) is 2.79. The standard InChI is InChI=1S/C12H17N3O2/c1-2-5-15-6-7-17-11(8-15)12-13-4-3-10(9-16)14-12/h3-4,9,11H,2,5-8H2,1H3. The van der Waals surface area contributed by atoms with Gasteiger partial charge in [-0.15, -0.1) is 0 Å². The fourth-order valence-electron chi connectivity index (χ4n) is 1.99. The Morgan fingerprint density at radius 1 is 1.65 bits per heavy atom. The minimum Gasteiger partial charge on any atom is -0.368 e. The Kier molecular flexibility index (Phi) is 4.17. The van der Waals surface area contributed by atoms with E-state index in [-0.39, 0.29) is 6.10 Å². The van der Waals surface area contributed by atoms with Gasteiger partial charge in [0.1, 0.15) is 11.8 Å². The molecule has 0 radical (unpaired) electrons. The highest BCUT2D eigenvalue weighted by atomic mass is 16.5. The molecule has 5 heteroatoms. The number of hydrogen-bond donors (Lipinski definition) is 0. The summed E-state index contributed by atoms with van der Waals surface area (Å²) in [6.45, 7) is 5.68. The van der Waals surface area contributed by atoms with Crippen LogP contribution in [0.25, 0.3) is 0 Å². The van der Waals surface area contributed by atoms with Gasteiger partial charge >= 0.3 is 0 Å². The predicted molar refractivity (Wildman–Crippen MR) is 62.8 cm³/mol. The molecule has 1 unspecified atom stereocenters. The Hall–Kier alpha value is -1.33. The first-order valence-electron chi connectivity index (χ1n) is 5.95. The quantitative estimate of drug-likeness (QED) is 0.731. The van der Waals surface area contributed by atoms with Gasteiger partial charge in [-0.2, -0.15) is 0 Å². The van der Waals surface area contributed by atoms with Crippen molar-refractivity contribution in [3.63, 3.8) is 0 Å². The molecule has 0 saturated carbocycles. The number of hydrogen-bond acceptors (Lipinski definition) is 5. The fourth-order valence-corrected chi connectivity index (χ4v) is 1.99. The molecule has 0 aliphatic carbocycles. The number of morpholine rings is 1. The van der Waals surface area contributed by atoms with E-state index in [1.54, 1.807) is 12.3 Å². The Morgan fingerprint density at radius 3 is 3.29 bits per heavy atom. The fraction of sp³-hybridized carbons (Fsp3) is 0.583. The van der Waals surface area contributed by atoms with Gasteiger partial charge in [0.25, 0.3) is 0 Å². The van der Waals surface area contributed by atoms with Crippen LogP contribution in [-0.4, -0.2) is 47.4 Å². The first-order valence-corrected chi connectivity index (χ1v) is 5.95. The van der Waals surface area contributed by atoms with Gasteiger partial charge in [-0.25, -0.2) is 9.97 Å². The number of nitrogens with zero attached hydrogens (tertiary/aromatic N) is 3. The van der Waals surface area contributed by atoms with Gasteiger partial charge < -0.3 is 4.74 Å². The van der Waals surface area contributed by atoms with E-state index < -0.39 is 0 Å². The molecule has 17 heavy (non-hydrogen) atoms. The third kappa shape index (κ3) is 3.08. The normalized spacial score (nSPS) is 21.4. The Morgan fingerprint density at radius 2 is 2.53 bits per heavy atom. The lowest BCUT2D eigenvalue weighted by Gasteiger charge is -2.31. The molecule has 1 saturated heterocycles. The highest BCUT2D eigenvalue weighted by Crippen LogP contribution is 2.18. The first-order chi connectivity index (χ1) is 8.33. The van der Waals surface area contributed by atoms with E-state index in [4.69, 9.17) is 4.74 Å². The van der Waals surface area contributed by atoms with Crippen molar-refractivity contribution >= 4 is 6.29 Å². The Labute approximate surface area is 101 Å². The maximum Gasteiger partial charge on any atom is 0.168 e. The van der Waals surface area contributed by atoms with Crippen molar-refractivity contribution in [1.29, 1.82) is 0 Å². The van der Waals surface area contributed by atoms with Gasteiger partial charge in [0.05, 0.1) is 6.61 Å². The molecule has 92 valence electrons. The van der Waals surface area contributed by atoms with Crippen molar-refractivity contribution < 1.29 is 9.53 Å². The maximum atomic E-state index is 10.7. The lowest BCUT2D eigenvalue weighted by atomic mass is 10.2. The Balaban J connectivity index is 2.07. The van der Waals surface area contributed by atoms with Crippen LogP contribution in [0, 0.1) is 0 Å². The molecule has 0 amide bonds. The summed E-state index contributed by atoms with van der Waals surface area (Å²) >= 11 is 0. The third-order valence-corrected chi connectivity index (χ3v) is 2.79. The molecule has 5 nitrogen and oxygen atoms in total. The lowest BCUT2D eigenvalue weighted by molar-refractivity contribution is -0.0342. The number of ether oxygens (including phenoxy) is 1. The number of aldehydes is 1. The highest BCUT2D eigenvalue weighted by Gasteiger charge is 2.23. The largest absolute Gasteiger partial charge is 0.368 e. The van der Waals surface area contributed by atoms with Crippen LogP contribution in [-0.2, 0) is 4.74 Å². The van der Waals surface area contributed by atoms with Crippen molar-refractivity contribution in [3.8, 4) is 0 Å². The van der Waals surface area contributed by atoms with Crippen LogP contribution in [0.3, 0.4) is 0 Å². The van der Waals surface area contributed by atoms with E-state index >= 15 is 0 Å². The zero-order chi connectivity index (χ0) is 12.1. The molecule has 1 aliphatic rings. The van der Waals surface area contributed by atoms with Crippen LogP contribution in [0.15, 0.2) is 12.3 Å². The summed E-state index contributed by atoms with van der Waals surface area (Å²) in [6.07, 6.45) is 3.35. The molecular weight excluding hydrogens is 218 g/mol. The molecule has 1 aromatic heterocycles. The monoisotopic (exact) mass is 235 g/mol. The van der Waals surface area contributed by atoms with Crippen LogP contribution in [0.5, 0.6) is 0 Å². The molecule has 0 bridgehead atoms. The number of carbonyl (C=O) groups excluding carboxylic acids is 1. The van der Waals surface area contributed by atoms with E-state index in [1.807, 2.05) is 0 Å². The van der Waals surface area contributed by atoms with E-state index in [9.17, 15) is 4.79 Å². The van der Waals surface area contributed by atoms with Gasteiger partial charge in [0, 0.05) is 19.3 Å². The second-order valence-electron chi connectivity index (χ2n) is 4.12. The summed E-state index contributed by atoms with van der Waals surface area (Å²) in [5, 5.41) is 0. The molecule has 1 aliphatic heterocycles. The molecule has 2 rings (SSSR count). The Bertz CT molecular complexity index is 382. The minimum absolute atomic E-state index is 0.116. The van der Waals surface area contributed by atoms with Crippen LogP contribution in [0.4, 0.5) is 0 Å². The topological polar surface area (TPSA) is 55.3 Å². The van der Waals surface area contributed by atoms with Crippen LogP contribution in [0.2, 0.25) is 0 Å². The van der Waals surface area contributed by atoms with Gasteiger partial charge in [0.15, 0.2) is 12.1 Å². The number of rotatable bonds is 4. The summed E-state index contributed by atoms with van der Waals surface area (Å²) in [7, 11) is 0. The first kappa shape index (κ1) is 12.1. The van der Waals surface area contributed by atoms with Crippen molar-refractivity contribution in [2.45, 2.75) is 19.4 Å². The summed E-state index contributed by atoms with van der Waals surface area (Å²) in [4.78, 5) is 21.4. The van der Waals surface area contributed by atoms with Gasteiger partial charge in [-0.05, 0) is 19.0 Å². The molecule has 2 heterocycles. The second kappa shape index (κ2) is 5.84. The van der Waals surface area contributed by atoms with Crippen LogP contribution in [0.1, 0.15) is 35.8 Å². The average Bonchev–Trinajstić information content (AvgIpc) is 2.40. The minimum atomic E-state index is -0.116. The lowest BCUT2D eigenvalue weighted by Crippen LogP contribution is -2.39. The molecular formula is C12H17N3O2. The zero-order valence-corrected chi connectivity index (χ0v) is 10.0. The van der Waals surface area contributed by atoms with Crippen LogP contribution >= 0.6 is 0 Å². The highest BCUT2D eigenvalue weighted by molar-refractivity contribution is 5.71. The number of carbonyl (C=O) groups is 1. The molecule has 0 spiro atoms. The van der Waals surface area contributed by atoms with E-state index in [0.717, 1.165) is 32.3 Å². The molecule has 0 N–H and O–H groups in total. The van der Waals surface area contributed by atoms with Crippen LogP contribution < -0.4 is 0 Å². The van der Waals surface area contributed by atoms with Crippen molar-refractivity contribution in [3.05, 3.63) is 23.8 Å². The zero-order valence-electron chi connectivity index (χ0n) is 10.0.